The lowest BCUT2D eigenvalue weighted by Gasteiger charge is -2.30. The van der Waals surface area contributed by atoms with Crippen molar-refractivity contribution < 1.29 is 9.53 Å². The molecule has 4 aromatic rings. The number of carbonyl (C=O) groups is 1. The second kappa shape index (κ2) is 8.94. The predicted molar refractivity (Wildman–Crippen MR) is 131 cm³/mol. The summed E-state index contributed by atoms with van der Waals surface area (Å²) in [6, 6.07) is 15.0. The van der Waals surface area contributed by atoms with Gasteiger partial charge in [0.2, 0.25) is 5.91 Å². The van der Waals surface area contributed by atoms with Gasteiger partial charge in [0.15, 0.2) is 5.16 Å². The number of methoxy groups -OCH3 is 1. The first kappa shape index (κ1) is 21.6. The van der Waals surface area contributed by atoms with E-state index in [9.17, 15) is 9.59 Å². The first-order valence-electron chi connectivity index (χ1n) is 11.1. The molecule has 1 N–H and O–H groups in total. The summed E-state index contributed by atoms with van der Waals surface area (Å²) >= 11 is 1.30. The molecule has 1 saturated heterocycles. The Labute approximate surface area is 195 Å². The van der Waals surface area contributed by atoms with E-state index < -0.39 is 0 Å². The molecule has 1 amide bonds. The van der Waals surface area contributed by atoms with Crippen molar-refractivity contribution in [3.63, 3.8) is 0 Å². The topological polar surface area (TPSA) is 80.2 Å². The highest BCUT2D eigenvalue weighted by Gasteiger charge is 2.22. The average molecular weight is 463 g/mol. The number of benzene rings is 2. The molecule has 0 atom stereocenters. The highest BCUT2D eigenvalue weighted by atomic mass is 32.2. The number of hydrogen-bond acceptors (Lipinski definition) is 5. The molecule has 7 nitrogen and oxygen atoms in total. The minimum absolute atomic E-state index is 0.0809. The fourth-order valence-corrected chi connectivity index (χ4v) is 5.20. The van der Waals surface area contributed by atoms with Gasteiger partial charge in [0.05, 0.1) is 18.6 Å². The number of fused-ring (bicyclic) bond motifs is 3. The van der Waals surface area contributed by atoms with Gasteiger partial charge in [0.25, 0.3) is 5.56 Å². The van der Waals surface area contributed by atoms with E-state index in [4.69, 9.17) is 9.72 Å². The number of aromatic nitrogens is 3. The Hall–Kier alpha value is -3.26. The summed E-state index contributed by atoms with van der Waals surface area (Å²) in [5.41, 5.74) is 2.37. The van der Waals surface area contributed by atoms with E-state index in [2.05, 4.69) is 11.9 Å². The molecular weight excluding hydrogens is 436 g/mol. The van der Waals surface area contributed by atoms with Crippen molar-refractivity contribution >= 4 is 39.6 Å². The monoisotopic (exact) mass is 462 g/mol. The van der Waals surface area contributed by atoms with E-state index >= 15 is 0 Å². The van der Waals surface area contributed by atoms with Crippen molar-refractivity contribution in [2.24, 2.45) is 5.92 Å². The third kappa shape index (κ3) is 4.11. The molecule has 33 heavy (non-hydrogen) atoms. The molecule has 5 rings (SSSR count). The van der Waals surface area contributed by atoms with E-state index in [-0.39, 0.29) is 17.2 Å². The molecule has 1 aliphatic heterocycles. The molecule has 0 aliphatic carbocycles. The Balaban J connectivity index is 1.58. The molecule has 0 saturated carbocycles. The summed E-state index contributed by atoms with van der Waals surface area (Å²) in [6.07, 6.45) is 2.06. The lowest BCUT2D eigenvalue weighted by molar-refractivity contribution is -0.129. The van der Waals surface area contributed by atoms with E-state index in [0.29, 0.717) is 33.5 Å². The van der Waals surface area contributed by atoms with Gasteiger partial charge in [-0.2, -0.15) is 0 Å². The van der Waals surface area contributed by atoms with Gasteiger partial charge in [-0.1, -0.05) is 43.0 Å². The Morgan fingerprint density at radius 2 is 1.97 bits per heavy atom. The SMILES string of the molecule is COc1cccc(-n2c(SCC(=O)N3CCC(C)CC3)nc3c([nH]c4ccccc43)c2=O)c1. The zero-order valence-corrected chi connectivity index (χ0v) is 19.5. The maximum absolute atomic E-state index is 13.6. The molecule has 170 valence electrons. The third-order valence-corrected chi connectivity index (χ3v) is 7.19. The highest BCUT2D eigenvalue weighted by molar-refractivity contribution is 7.99. The quantitative estimate of drug-likeness (QED) is 0.355. The molecule has 0 radical (unpaired) electrons. The van der Waals surface area contributed by atoms with Crippen molar-refractivity contribution in [3.05, 3.63) is 58.9 Å². The van der Waals surface area contributed by atoms with Crippen LogP contribution >= 0.6 is 11.8 Å². The minimum Gasteiger partial charge on any atom is -0.497 e. The number of piperidine rings is 1. The minimum atomic E-state index is -0.203. The number of aromatic amines is 1. The summed E-state index contributed by atoms with van der Waals surface area (Å²) in [6.45, 7) is 3.81. The van der Waals surface area contributed by atoms with Crippen LogP contribution in [0.5, 0.6) is 5.75 Å². The normalized spacial score (nSPS) is 14.8. The zero-order chi connectivity index (χ0) is 22.9. The van der Waals surface area contributed by atoms with Crippen LogP contribution in [0.2, 0.25) is 0 Å². The molecule has 1 fully saturated rings. The Bertz CT molecular complexity index is 1390. The van der Waals surface area contributed by atoms with Crippen LogP contribution in [0.15, 0.2) is 58.5 Å². The number of nitrogens with zero attached hydrogens (tertiary/aromatic N) is 3. The number of rotatable bonds is 5. The van der Waals surface area contributed by atoms with Crippen molar-refractivity contribution in [2.45, 2.75) is 24.9 Å². The van der Waals surface area contributed by atoms with Gasteiger partial charge in [-0.05, 0) is 37.0 Å². The second-order valence-corrected chi connectivity index (χ2v) is 9.43. The standard InChI is InChI=1S/C25H26N4O3S/c1-16-10-12-28(13-11-16)21(30)15-33-25-27-22-19-8-3-4-9-20(19)26-23(22)24(31)29(25)17-6-5-7-18(14-17)32-2/h3-9,14,16,26H,10-13,15H2,1-2H3. The average Bonchev–Trinajstić information content (AvgIpc) is 3.22. The van der Waals surface area contributed by atoms with Crippen LogP contribution in [-0.4, -0.2) is 51.3 Å². The first-order valence-corrected chi connectivity index (χ1v) is 12.1. The van der Waals surface area contributed by atoms with Gasteiger partial charge in [-0.25, -0.2) is 4.98 Å². The number of nitrogens with one attached hydrogen (secondary N) is 1. The number of thioether (sulfide) groups is 1. The van der Waals surface area contributed by atoms with E-state index in [1.807, 2.05) is 47.4 Å². The molecule has 1 aliphatic rings. The number of hydrogen-bond donors (Lipinski definition) is 1. The van der Waals surface area contributed by atoms with Gasteiger partial charge >= 0.3 is 0 Å². The van der Waals surface area contributed by atoms with Crippen LogP contribution in [0.1, 0.15) is 19.8 Å². The number of amides is 1. The van der Waals surface area contributed by atoms with Gasteiger partial charge < -0.3 is 14.6 Å². The molecule has 8 heteroatoms. The number of para-hydroxylation sites is 1. The molecular formula is C25H26N4O3S. The molecule has 0 spiro atoms. The lowest BCUT2D eigenvalue weighted by atomic mass is 9.99. The maximum Gasteiger partial charge on any atom is 0.283 e. The second-order valence-electron chi connectivity index (χ2n) is 8.48. The summed E-state index contributed by atoms with van der Waals surface area (Å²) in [4.78, 5) is 36.6. The van der Waals surface area contributed by atoms with Crippen LogP contribution in [0.3, 0.4) is 0 Å². The molecule has 0 bridgehead atoms. The van der Waals surface area contributed by atoms with Crippen LogP contribution < -0.4 is 10.3 Å². The molecule has 0 unspecified atom stereocenters. The first-order chi connectivity index (χ1) is 16.0. The summed E-state index contributed by atoms with van der Waals surface area (Å²) in [7, 11) is 1.59. The molecule has 2 aromatic heterocycles. The smallest absolute Gasteiger partial charge is 0.283 e. The third-order valence-electron chi connectivity index (χ3n) is 6.27. The fourth-order valence-electron chi connectivity index (χ4n) is 4.29. The van der Waals surface area contributed by atoms with E-state index in [0.717, 1.165) is 36.8 Å². The number of carbonyl (C=O) groups excluding carboxylic acids is 1. The number of likely N-dealkylation sites (tertiary alicyclic amines) is 1. The predicted octanol–water partition coefficient (Wildman–Crippen LogP) is 4.23. The summed E-state index contributed by atoms with van der Waals surface area (Å²) < 4.78 is 6.93. The van der Waals surface area contributed by atoms with Crippen LogP contribution in [0.25, 0.3) is 27.6 Å². The largest absolute Gasteiger partial charge is 0.497 e. The number of H-pyrrole nitrogens is 1. The van der Waals surface area contributed by atoms with Crippen molar-refractivity contribution in [2.75, 3.05) is 26.0 Å². The van der Waals surface area contributed by atoms with E-state index in [1.165, 1.54) is 11.8 Å². The van der Waals surface area contributed by atoms with Crippen molar-refractivity contribution in [3.8, 4) is 11.4 Å². The number of ether oxygens (including phenoxy) is 1. The van der Waals surface area contributed by atoms with Crippen LogP contribution in [0, 0.1) is 5.92 Å². The van der Waals surface area contributed by atoms with Gasteiger partial charge in [0.1, 0.15) is 16.8 Å². The fraction of sp³-hybridized carbons (Fsp3) is 0.320. The summed E-state index contributed by atoms with van der Waals surface area (Å²) in [5.74, 6) is 1.62. The van der Waals surface area contributed by atoms with Crippen LogP contribution in [-0.2, 0) is 4.79 Å². The lowest BCUT2D eigenvalue weighted by Crippen LogP contribution is -2.39. The Morgan fingerprint density at radius 3 is 2.76 bits per heavy atom. The Kier molecular flexibility index (Phi) is 5.85. The zero-order valence-electron chi connectivity index (χ0n) is 18.7. The molecule has 3 heterocycles. The van der Waals surface area contributed by atoms with Crippen molar-refractivity contribution in [1.82, 2.24) is 19.4 Å². The van der Waals surface area contributed by atoms with E-state index in [1.54, 1.807) is 17.7 Å². The summed E-state index contributed by atoms with van der Waals surface area (Å²) in [5, 5.41) is 1.38. The van der Waals surface area contributed by atoms with Gasteiger partial charge in [-0.3, -0.25) is 14.2 Å². The van der Waals surface area contributed by atoms with Gasteiger partial charge in [0, 0.05) is 30.1 Å². The van der Waals surface area contributed by atoms with Crippen molar-refractivity contribution in [1.29, 1.82) is 0 Å². The maximum atomic E-state index is 13.6. The molecule has 2 aromatic carbocycles. The Morgan fingerprint density at radius 1 is 1.18 bits per heavy atom. The van der Waals surface area contributed by atoms with Crippen LogP contribution in [0.4, 0.5) is 0 Å². The van der Waals surface area contributed by atoms with Gasteiger partial charge in [-0.15, -0.1) is 0 Å². The highest BCUT2D eigenvalue weighted by Crippen LogP contribution is 2.28.